The van der Waals surface area contributed by atoms with E-state index in [4.69, 9.17) is 9.99 Å². The van der Waals surface area contributed by atoms with E-state index in [2.05, 4.69) is 25.7 Å². The van der Waals surface area contributed by atoms with E-state index in [1.165, 1.54) is 0 Å². The third-order valence-corrected chi connectivity index (χ3v) is 1.60. The first kappa shape index (κ1) is 20.3. The third kappa shape index (κ3) is 13.2. The van der Waals surface area contributed by atoms with Crippen LogP contribution in [0, 0.1) is 12.8 Å². The standard InChI is InChI=1S/C10H14O3.C4H10.C2H6/c1-8-4-6-9(7-5-8)12-10(2,3)13-11;1-4(2)3;1-2/h4-7,11H,1-3H3;4H,1-3H3;1-2H3. The summed E-state index contributed by atoms with van der Waals surface area (Å²) in [5, 5.41) is 8.48. The summed E-state index contributed by atoms with van der Waals surface area (Å²) < 4.78 is 5.33. The minimum Gasteiger partial charge on any atom is -0.460 e. The molecule has 0 saturated heterocycles. The molecule has 0 saturated carbocycles. The third-order valence-electron chi connectivity index (χ3n) is 1.60. The highest BCUT2D eigenvalue weighted by Gasteiger charge is 2.19. The van der Waals surface area contributed by atoms with Gasteiger partial charge in [0.25, 0.3) is 0 Å². The van der Waals surface area contributed by atoms with Crippen molar-refractivity contribution in [2.75, 3.05) is 0 Å². The average molecular weight is 270 g/mol. The molecule has 0 spiro atoms. The van der Waals surface area contributed by atoms with Crippen LogP contribution >= 0.6 is 0 Å². The smallest absolute Gasteiger partial charge is 0.235 e. The van der Waals surface area contributed by atoms with Crippen molar-refractivity contribution < 1.29 is 14.9 Å². The number of aryl methyl sites for hydroxylation is 1. The zero-order chi connectivity index (χ0) is 15.5. The zero-order valence-electron chi connectivity index (χ0n) is 13.7. The quantitative estimate of drug-likeness (QED) is 0.461. The van der Waals surface area contributed by atoms with E-state index in [-0.39, 0.29) is 0 Å². The SMILES string of the molecule is CC.CC(C)C.Cc1ccc(OC(C)(C)OO)cc1. The van der Waals surface area contributed by atoms with Gasteiger partial charge in [0.15, 0.2) is 0 Å². The van der Waals surface area contributed by atoms with Gasteiger partial charge in [-0.25, -0.2) is 5.26 Å². The van der Waals surface area contributed by atoms with E-state index in [0.717, 1.165) is 11.5 Å². The molecule has 1 rings (SSSR count). The Morgan fingerprint density at radius 1 is 1.00 bits per heavy atom. The van der Waals surface area contributed by atoms with Crippen molar-refractivity contribution in [1.29, 1.82) is 0 Å². The topological polar surface area (TPSA) is 38.7 Å². The maximum absolute atomic E-state index is 8.48. The first-order chi connectivity index (χ1) is 8.76. The van der Waals surface area contributed by atoms with E-state index in [0.29, 0.717) is 5.75 Å². The second kappa shape index (κ2) is 10.8. The van der Waals surface area contributed by atoms with E-state index < -0.39 is 5.79 Å². The predicted molar refractivity (Wildman–Crippen MR) is 81.5 cm³/mol. The van der Waals surface area contributed by atoms with Crippen molar-refractivity contribution in [3.8, 4) is 5.75 Å². The number of hydrogen-bond acceptors (Lipinski definition) is 3. The molecule has 0 aliphatic rings. The normalized spacial score (nSPS) is 10.0. The summed E-state index contributed by atoms with van der Waals surface area (Å²) in [5.41, 5.74) is 1.16. The number of hydrogen-bond donors (Lipinski definition) is 1. The summed E-state index contributed by atoms with van der Waals surface area (Å²) in [6, 6.07) is 7.53. The van der Waals surface area contributed by atoms with Gasteiger partial charge in [-0.15, -0.1) is 0 Å². The summed E-state index contributed by atoms with van der Waals surface area (Å²) >= 11 is 0. The zero-order valence-corrected chi connectivity index (χ0v) is 13.7. The molecule has 0 aliphatic carbocycles. The Balaban J connectivity index is 0. The largest absolute Gasteiger partial charge is 0.460 e. The fraction of sp³-hybridized carbons (Fsp3) is 0.625. The van der Waals surface area contributed by atoms with E-state index in [9.17, 15) is 0 Å². The molecule has 0 heterocycles. The number of rotatable bonds is 3. The molecule has 0 aromatic heterocycles. The second-order valence-electron chi connectivity index (χ2n) is 5.14. The van der Waals surface area contributed by atoms with Crippen LogP contribution in [0.5, 0.6) is 5.75 Å². The Bertz CT molecular complexity index is 300. The van der Waals surface area contributed by atoms with Gasteiger partial charge in [0.1, 0.15) is 5.75 Å². The van der Waals surface area contributed by atoms with Crippen LogP contribution in [0.25, 0.3) is 0 Å². The molecule has 0 aliphatic heterocycles. The maximum Gasteiger partial charge on any atom is 0.235 e. The van der Waals surface area contributed by atoms with Crippen LogP contribution in [0.4, 0.5) is 0 Å². The molecule has 0 unspecified atom stereocenters. The van der Waals surface area contributed by atoms with Gasteiger partial charge < -0.3 is 4.74 Å². The van der Waals surface area contributed by atoms with Gasteiger partial charge >= 0.3 is 0 Å². The van der Waals surface area contributed by atoms with Crippen LogP contribution in [-0.2, 0) is 4.89 Å². The molecule has 1 N–H and O–H groups in total. The van der Waals surface area contributed by atoms with Crippen LogP contribution in [0.1, 0.15) is 54.0 Å². The van der Waals surface area contributed by atoms with E-state index in [1.807, 2.05) is 45.0 Å². The summed E-state index contributed by atoms with van der Waals surface area (Å²) in [6.45, 7) is 15.8. The molecule has 1 aromatic carbocycles. The lowest BCUT2D eigenvalue weighted by Crippen LogP contribution is -2.30. The van der Waals surface area contributed by atoms with Crippen LogP contribution in [-0.4, -0.2) is 11.0 Å². The summed E-state index contributed by atoms with van der Waals surface area (Å²) in [5.74, 6) is 0.500. The minimum atomic E-state index is -1.00. The molecule has 0 fully saturated rings. The Labute approximate surface area is 118 Å². The van der Waals surface area contributed by atoms with Crippen LogP contribution in [0.3, 0.4) is 0 Å². The fourth-order valence-corrected chi connectivity index (χ4v) is 0.909. The van der Waals surface area contributed by atoms with Crippen LogP contribution in [0.2, 0.25) is 0 Å². The fourth-order valence-electron chi connectivity index (χ4n) is 0.909. The van der Waals surface area contributed by atoms with E-state index in [1.54, 1.807) is 13.8 Å². The molecule has 0 bridgehead atoms. The first-order valence-corrected chi connectivity index (χ1v) is 6.85. The van der Waals surface area contributed by atoms with Gasteiger partial charge in [0, 0.05) is 13.8 Å². The van der Waals surface area contributed by atoms with Crippen molar-refractivity contribution in [3.63, 3.8) is 0 Å². The molecule has 0 atom stereocenters. The van der Waals surface area contributed by atoms with Gasteiger partial charge in [-0.05, 0) is 25.0 Å². The molecule has 1 aromatic rings. The van der Waals surface area contributed by atoms with Crippen molar-refractivity contribution >= 4 is 0 Å². The summed E-state index contributed by atoms with van der Waals surface area (Å²) in [4.78, 5) is 4.15. The number of ether oxygens (including phenoxy) is 1. The van der Waals surface area contributed by atoms with Crippen molar-refractivity contribution in [1.82, 2.24) is 0 Å². The lowest BCUT2D eigenvalue weighted by atomic mass is 10.2. The second-order valence-corrected chi connectivity index (χ2v) is 5.14. The summed E-state index contributed by atoms with van der Waals surface area (Å²) in [6.07, 6.45) is 0. The predicted octanol–water partition coefficient (Wildman–Crippen LogP) is 5.29. The molecule has 3 nitrogen and oxygen atoms in total. The monoisotopic (exact) mass is 270 g/mol. The van der Waals surface area contributed by atoms with Crippen LogP contribution in [0.15, 0.2) is 24.3 Å². The lowest BCUT2D eigenvalue weighted by molar-refractivity contribution is -0.368. The van der Waals surface area contributed by atoms with Gasteiger partial charge in [-0.1, -0.05) is 52.3 Å². The van der Waals surface area contributed by atoms with Crippen molar-refractivity contribution in [2.24, 2.45) is 5.92 Å². The number of benzene rings is 1. The molecular weight excluding hydrogens is 240 g/mol. The average Bonchev–Trinajstić information content (AvgIpc) is 2.34. The Morgan fingerprint density at radius 3 is 1.68 bits per heavy atom. The lowest BCUT2D eigenvalue weighted by Gasteiger charge is -2.22. The summed E-state index contributed by atoms with van der Waals surface area (Å²) in [7, 11) is 0. The maximum atomic E-state index is 8.48. The molecule has 3 heteroatoms. The molecule has 112 valence electrons. The van der Waals surface area contributed by atoms with E-state index >= 15 is 0 Å². The Hall–Kier alpha value is -1.06. The molecular formula is C16H30O3. The highest BCUT2D eigenvalue weighted by molar-refractivity contribution is 5.26. The molecule has 19 heavy (non-hydrogen) atoms. The van der Waals surface area contributed by atoms with Crippen molar-refractivity contribution in [2.45, 2.75) is 61.2 Å². The Morgan fingerprint density at radius 2 is 1.37 bits per heavy atom. The molecule has 0 amide bonds. The Kier molecular flexibility index (Phi) is 11.5. The van der Waals surface area contributed by atoms with Crippen LogP contribution < -0.4 is 4.74 Å². The highest BCUT2D eigenvalue weighted by Crippen LogP contribution is 2.18. The molecule has 0 radical (unpaired) electrons. The van der Waals surface area contributed by atoms with Gasteiger partial charge in [-0.2, -0.15) is 4.89 Å². The van der Waals surface area contributed by atoms with Gasteiger partial charge in [0.05, 0.1) is 0 Å². The van der Waals surface area contributed by atoms with Crippen molar-refractivity contribution in [3.05, 3.63) is 29.8 Å². The van der Waals surface area contributed by atoms with Gasteiger partial charge in [-0.3, -0.25) is 0 Å². The minimum absolute atomic E-state index is 0.671. The first-order valence-electron chi connectivity index (χ1n) is 6.85. The van der Waals surface area contributed by atoms with Gasteiger partial charge in [0.2, 0.25) is 5.79 Å². The highest BCUT2D eigenvalue weighted by atomic mass is 17.1.